The first-order valence-electron chi connectivity index (χ1n) is 12.4. The predicted molar refractivity (Wildman–Crippen MR) is 151 cm³/mol. The highest BCUT2D eigenvalue weighted by Crippen LogP contribution is 2.50. The fourth-order valence-electron chi connectivity index (χ4n) is 4.69. The quantitative estimate of drug-likeness (QED) is 0.359. The van der Waals surface area contributed by atoms with Gasteiger partial charge in [-0.3, -0.25) is 24.2 Å². The Morgan fingerprint density at radius 2 is 1.85 bits per heavy atom. The number of methoxy groups -OCH3 is 2. The smallest absolute Gasteiger partial charge is 0.240 e. The molecule has 3 heterocycles. The van der Waals surface area contributed by atoms with Crippen molar-refractivity contribution in [1.29, 1.82) is 0 Å². The fraction of sp³-hybridized carbons (Fsp3) is 0.241. The van der Waals surface area contributed by atoms with E-state index in [4.69, 9.17) is 14.6 Å². The number of aromatic nitrogens is 3. The summed E-state index contributed by atoms with van der Waals surface area (Å²) in [7, 11) is 5.04. The lowest BCUT2D eigenvalue weighted by molar-refractivity contribution is -0.123. The van der Waals surface area contributed by atoms with Crippen LogP contribution in [-0.4, -0.2) is 53.1 Å². The van der Waals surface area contributed by atoms with Crippen LogP contribution in [0.1, 0.15) is 21.9 Å². The van der Waals surface area contributed by atoms with Crippen molar-refractivity contribution in [3.63, 3.8) is 0 Å². The molecule has 9 nitrogen and oxygen atoms in total. The molecule has 0 saturated carbocycles. The molecule has 0 saturated heterocycles. The summed E-state index contributed by atoms with van der Waals surface area (Å²) in [6.07, 6.45) is 3.36. The third-order valence-corrected chi connectivity index (χ3v) is 7.79. The molecule has 2 amide bonds. The minimum Gasteiger partial charge on any atom is -0.497 e. The van der Waals surface area contributed by atoms with Gasteiger partial charge in [0.25, 0.3) is 0 Å². The summed E-state index contributed by atoms with van der Waals surface area (Å²) >= 11 is 1.48. The minimum absolute atomic E-state index is 0.132. The molecule has 1 unspecified atom stereocenters. The number of hydrogen-bond acceptors (Lipinski definition) is 7. The second kappa shape index (κ2) is 11.6. The van der Waals surface area contributed by atoms with E-state index in [1.165, 1.54) is 16.7 Å². The van der Waals surface area contributed by atoms with Crippen LogP contribution in [0, 0.1) is 0 Å². The van der Waals surface area contributed by atoms with Crippen molar-refractivity contribution in [3.8, 4) is 22.8 Å². The number of carbonyl (C=O) groups excluding carboxylic acids is 2. The van der Waals surface area contributed by atoms with Gasteiger partial charge < -0.3 is 14.8 Å². The van der Waals surface area contributed by atoms with Crippen LogP contribution in [0.5, 0.6) is 11.5 Å². The van der Waals surface area contributed by atoms with Gasteiger partial charge in [-0.15, -0.1) is 11.8 Å². The monoisotopic (exact) mass is 543 g/mol. The first kappa shape index (κ1) is 26.3. The fourth-order valence-corrected chi connectivity index (χ4v) is 5.90. The summed E-state index contributed by atoms with van der Waals surface area (Å²) in [5, 5.41) is 7.48. The third-order valence-electron chi connectivity index (χ3n) is 6.55. The lowest BCUT2D eigenvalue weighted by atomic mass is 9.98. The Morgan fingerprint density at radius 3 is 2.56 bits per heavy atom. The number of benzene rings is 2. The lowest BCUT2D eigenvalue weighted by Gasteiger charge is -2.23. The molecule has 200 valence electrons. The highest BCUT2D eigenvalue weighted by atomic mass is 32.2. The second-order valence-corrected chi connectivity index (χ2v) is 10.1. The highest BCUT2D eigenvalue weighted by Gasteiger charge is 2.37. The van der Waals surface area contributed by atoms with Crippen LogP contribution in [0.25, 0.3) is 11.3 Å². The molecule has 0 bridgehead atoms. The van der Waals surface area contributed by atoms with Gasteiger partial charge in [-0.1, -0.05) is 30.3 Å². The molecule has 5 rings (SSSR count). The SMILES string of the molecule is COc1ccc(OC)c(C2SCC(=O)N(CC(=O)NCc3ccncc3)c3c2c(-c2ccccc2)nn3C)c1. The number of hydrogen-bond donors (Lipinski definition) is 1. The van der Waals surface area contributed by atoms with Gasteiger partial charge in [0.1, 0.15) is 23.9 Å². The van der Waals surface area contributed by atoms with E-state index in [0.29, 0.717) is 23.9 Å². The number of ether oxygens (including phenoxy) is 2. The molecule has 1 N–H and O–H groups in total. The van der Waals surface area contributed by atoms with Crippen LogP contribution in [0.2, 0.25) is 0 Å². The molecule has 4 aromatic rings. The lowest BCUT2D eigenvalue weighted by Crippen LogP contribution is -2.42. The summed E-state index contributed by atoms with van der Waals surface area (Å²) < 4.78 is 12.9. The molecule has 1 atom stereocenters. The predicted octanol–water partition coefficient (Wildman–Crippen LogP) is 3.98. The Kier molecular flexibility index (Phi) is 7.83. The van der Waals surface area contributed by atoms with Gasteiger partial charge in [0.15, 0.2) is 0 Å². The zero-order valence-corrected chi connectivity index (χ0v) is 22.8. The third kappa shape index (κ3) is 5.46. The Morgan fingerprint density at radius 1 is 1.08 bits per heavy atom. The first-order valence-corrected chi connectivity index (χ1v) is 13.5. The summed E-state index contributed by atoms with van der Waals surface area (Å²) in [4.78, 5) is 32.2. The van der Waals surface area contributed by atoms with Crippen molar-refractivity contribution in [1.82, 2.24) is 20.1 Å². The Hall–Kier alpha value is -4.31. The van der Waals surface area contributed by atoms with Crippen LogP contribution >= 0.6 is 11.8 Å². The number of pyridine rings is 1. The Balaban J connectivity index is 1.59. The van der Waals surface area contributed by atoms with E-state index >= 15 is 0 Å². The van der Waals surface area contributed by atoms with Crippen molar-refractivity contribution in [2.45, 2.75) is 11.8 Å². The molecule has 0 spiro atoms. The van der Waals surface area contributed by atoms with Crippen molar-refractivity contribution in [2.24, 2.45) is 7.05 Å². The summed E-state index contributed by atoms with van der Waals surface area (Å²) in [6, 6.07) is 19.2. The van der Waals surface area contributed by atoms with Crippen molar-refractivity contribution >= 4 is 29.4 Å². The summed E-state index contributed by atoms with van der Waals surface area (Å²) in [5.41, 5.74) is 4.29. The van der Waals surface area contributed by atoms with Crippen LogP contribution in [-0.2, 0) is 23.2 Å². The van der Waals surface area contributed by atoms with Crippen molar-refractivity contribution in [3.05, 3.63) is 89.7 Å². The number of amides is 2. The van der Waals surface area contributed by atoms with Gasteiger partial charge >= 0.3 is 0 Å². The zero-order valence-electron chi connectivity index (χ0n) is 22.0. The Bertz CT molecular complexity index is 1480. The van der Waals surface area contributed by atoms with E-state index in [1.54, 1.807) is 38.3 Å². The number of nitrogens with zero attached hydrogens (tertiary/aromatic N) is 4. The van der Waals surface area contributed by atoms with Gasteiger partial charge in [0.2, 0.25) is 11.8 Å². The van der Waals surface area contributed by atoms with Gasteiger partial charge in [0, 0.05) is 42.7 Å². The second-order valence-electron chi connectivity index (χ2n) is 8.99. The van der Waals surface area contributed by atoms with Crippen molar-refractivity contribution < 1.29 is 19.1 Å². The number of thioether (sulfide) groups is 1. The number of nitrogens with one attached hydrogen (secondary N) is 1. The molecule has 39 heavy (non-hydrogen) atoms. The number of fused-ring (bicyclic) bond motifs is 1. The number of anilines is 1. The maximum Gasteiger partial charge on any atom is 0.240 e. The number of rotatable bonds is 8. The van der Waals surface area contributed by atoms with Crippen LogP contribution in [0.3, 0.4) is 0 Å². The first-order chi connectivity index (χ1) is 19.0. The molecule has 0 radical (unpaired) electrons. The largest absolute Gasteiger partial charge is 0.497 e. The molecule has 0 fully saturated rings. The maximum absolute atomic E-state index is 13.6. The number of aryl methyl sites for hydroxylation is 1. The molecule has 2 aromatic carbocycles. The average Bonchev–Trinajstić information content (AvgIpc) is 3.24. The van der Waals surface area contributed by atoms with E-state index in [-0.39, 0.29) is 29.4 Å². The van der Waals surface area contributed by atoms with Gasteiger partial charge in [0.05, 0.1) is 30.9 Å². The van der Waals surface area contributed by atoms with E-state index in [1.807, 2.05) is 60.7 Å². The molecule has 1 aliphatic heterocycles. The van der Waals surface area contributed by atoms with Crippen LogP contribution < -0.4 is 19.7 Å². The van der Waals surface area contributed by atoms with Gasteiger partial charge in [-0.05, 0) is 35.9 Å². The molecule has 10 heteroatoms. The van der Waals surface area contributed by atoms with E-state index in [9.17, 15) is 9.59 Å². The van der Waals surface area contributed by atoms with E-state index in [2.05, 4.69) is 10.3 Å². The summed E-state index contributed by atoms with van der Waals surface area (Å²) in [5.74, 6) is 1.67. The average molecular weight is 544 g/mol. The normalized spacial score (nSPS) is 14.9. The van der Waals surface area contributed by atoms with E-state index in [0.717, 1.165) is 27.9 Å². The van der Waals surface area contributed by atoms with E-state index < -0.39 is 0 Å². The van der Waals surface area contributed by atoms with Crippen LogP contribution in [0.15, 0.2) is 73.1 Å². The number of carbonyl (C=O) groups is 2. The standard InChI is InChI=1S/C29H29N5O4S/c1-33-29-26(27(32-33)20-7-5-4-6-8-20)28(22-15-21(37-2)9-10-23(22)38-3)39-18-25(36)34(29)17-24(35)31-16-19-11-13-30-14-12-19/h4-15,28H,16-18H2,1-3H3,(H,31,35). The Labute approximate surface area is 231 Å². The molecule has 0 aliphatic carbocycles. The topological polar surface area (TPSA) is 98.6 Å². The molecule has 2 aromatic heterocycles. The highest BCUT2D eigenvalue weighted by molar-refractivity contribution is 8.00. The molecular formula is C29H29N5O4S. The van der Waals surface area contributed by atoms with Gasteiger partial charge in [-0.25, -0.2) is 0 Å². The summed E-state index contributed by atoms with van der Waals surface area (Å²) in [6.45, 7) is 0.211. The minimum atomic E-state index is -0.303. The molecule has 1 aliphatic rings. The van der Waals surface area contributed by atoms with Crippen LogP contribution in [0.4, 0.5) is 5.82 Å². The maximum atomic E-state index is 13.6. The zero-order chi connectivity index (χ0) is 27.4. The van der Waals surface area contributed by atoms with Gasteiger partial charge in [-0.2, -0.15) is 5.10 Å². The van der Waals surface area contributed by atoms with Crippen molar-refractivity contribution in [2.75, 3.05) is 31.4 Å². The molecular weight excluding hydrogens is 514 g/mol.